The molecule has 0 aliphatic heterocycles. The number of carboxylic acid groups (broad SMARTS) is 1. The van der Waals surface area contributed by atoms with E-state index in [1.165, 1.54) is 13.2 Å². The maximum Gasteiger partial charge on any atom is 0.337 e. The monoisotopic (exact) mass is 280 g/mol. The number of benzene rings is 2. The molecule has 4 nitrogen and oxygen atoms in total. The molecule has 21 heavy (non-hydrogen) atoms. The van der Waals surface area contributed by atoms with Crippen molar-refractivity contribution in [1.82, 2.24) is 0 Å². The Morgan fingerprint density at radius 2 is 1.67 bits per heavy atom. The smallest absolute Gasteiger partial charge is 0.337 e. The fourth-order valence-electron chi connectivity index (χ4n) is 2.62. The van der Waals surface area contributed by atoms with Crippen molar-refractivity contribution in [3.8, 4) is 11.1 Å². The normalized spacial score (nSPS) is 13.7. The first-order valence-corrected chi connectivity index (χ1v) is 6.39. The minimum absolute atomic E-state index is 0.403. The van der Waals surface area contributed by atoms with Crippen LogP contribution < -0.4 is 0 Å². The molecule has 0 amide bonds. The molecule has 0 saturated heterocycles. The summed E-state index contributed by atoms with van der Waals surface area (Å²) in [6.45, 7) is 0. The fourth-order valence-corrected chi connectivity index (χ4v) is 2.62. The summed E-state index contributed by atoms with van der Waals surface area (Å²) in [7, 11) is 1.32. The van der Waals surface area contributed by atoms with Crippen LogP contribution in [-0.4, -0.2) is 24.2 Å². The number of methoxy groups -OCH3 is 1. The van der Waals surface area contributed by atoms with Gasteiger partial charge in [-0.1, -0.05) is 30.3 Å². The zero-order chi connectivity index (χ0) is 15.0. The van der Waals surface area contributed by atoms with Gasteiger partial charge in [0.1, 0.15) is 0 Å². The Bertz CT molecular complexity index is 787. The highest BCUT2D eigenvalue weighted by molar-refractivity contribution is 6.07. The maximum absolute atomic E-state index is 11.7. The van der Waals surface area contributed by atoms with Gasteiger partial charge in [0.25, 0.3) is 0 Å². The van der Waals surface area contributed by atoms with Crippen LogP contribution in [0.4, 0.5) is 0 Å². The zero-order valence-electron chi connectivity index (χ0n) is 11.3. The molecule has 0 heterocycles. The van der Waals surface area contributed by atoms with Gasteiger partial charge in [-0.05, 0) is 40.0 Å². The summed E-state index contributed by atoms with van der Waals surface area (Å²) in [5.41, 5.74) is 4.50. The Kier molecular flexibility index (Phi) is 3.06. The molecule has 0 radical (unpaired) electrons. The molecule has 0 fully saturated rings. The van der Waals surface area contributed by atoms with Crippen molar-refractivity contribution in [3.63, 3.8) is 0 Å². The van der Waals surface area contributed by atoms with Crippen LogP contribution in [0.15, 0.2) is 48.5 Å². The van der Waals surface area contributed by atoms with Crippen molar-refractivity contribution < 1.29 is 19.4 Å². The average molecular weight is 280 g/mol. The van der Waals surface area contributed by atoms with Crippen LogP contribution in [-0.2, 0) is 9.53 Å². The summed E-state index contributed by atoms with van der Waals surface area (Å²) in [4.78, 5) is 22.7. The van der Waals surface area contributed by atoms with E-state index in [0.29, 0.717) is 11.1 Å². The molecule has 1 N–H and O–H groups in total. The van der Waals surface area contributed by atoms with Crippen molar-refractivity contribution in [3.05, 3.63) is 65.2 Å². The van der Waals surface area contributed by atoms with Gasteiger partial charge in [-0.2, -0.15) is 0 Å². The van der Waals surface area contributed by atoms with Crippen molar-refractivity contribution in [1.29, 1.82) is 0 Å². The molecule has 2 aromatic carbocycles. The lowest BCUT2D eigenvalue weighted by atomic mass is 10.0. The summed E-state index contributed by atoms with van der Waals surface area (Å²) < 4.78 is 4.71. The molecule has 0 unspecified atom stereocenters. The summed E-state index contributed by atoms with van der Waals surface area (Å²) in [6.07, 6.45) is 1.17. The number of carboxylic acids is 1. The molecule has 4 heteroatoms. The molecule has 1 aliphatic carbocycles. The number of rotatable bonds is 2. The fraction of sp³-hybridized carbons (Fsp3) is 0.0588. The van der Waals surface area contributed by atoms with Gasteiger partial charge in [0.2, 0.25) is 0 Å². The van der Waals surface area contributed by atoms with Crippen LogP contribution in [0.3, 0.4) is 0 Å². The number of hydrogen-bond acceptors (Lipinski definition) is 3. The number of carbonyl (C=O) groups excluding carboxylic acids is 1. The highest BCUT2D eigenvalue weighted by Crippen LogP contribution is 2.44. The van der Waals surface area contributed by atoms with Crippen LogP contribution in [0.5, 0.6) is 0 Å². The molecule has 0 saturated carbocycles. The lowest BCUT2D eigenvalue weighted by Crippen LogP contribution is -2.01. The lowest BCUT2D eigenvalue weighted by molar-refractivity contribution is -0.131. The van der Waals surface area contributed by atoms with Crippen molar-refractivity contribution in [2.75, 3.05) is 7.11 Å². The Hall–Kier alpha value is -2.88. The lowest BCUT2D eigenvalue weighted by Gasteiger charge is -2.04. The second-order valence-corrected chi connectivity index (χ2v) is 4.69. The third-order valence-corrected chi connectivity index (χ3v) is 3.51. The standard InChI is InChI=1S/C17H12O4/c1-21-17(20)10-6-7-13-11-4-2-3-5-12(11)15(9-16(18)19)14(13)8-10/h2-9H,1H3,(H,18,19)/b15-9+. The largest absolute Gasteiger partial charge is 0.478 e. The van der Waals surface area contributed by atoms with Gasteiger partial charge in [-0.3, -0.25) is 0 Å². The summed E-state index contributed by atoms with van der Waals surface area (Å²) in [5.74, 6) is -1.46. The summed E-state index contributed by atoms with van der Waals surface area (Å²) in [5, 5.41) is 9.08. The molecule has 0 spiro atoms. The quantitative estimate of drug-likeness (QED) is 0.579. The predicted octanol–water partition coefficient (Wildman–Crippen LogP) is 2.97. The highest BCUT2D eigenvalue weighted by atomic mass is 16.5. The predicted molar refractivity (Wildman–Crippen MR) is 77.9 cm³/mol. The first-order chi connectivity index (χ1) is 10.1. The molecule has 0 aromatic heterocycles. The number of aliphatic carboxylic acids is 1. The molecular weight excluding hydrogens is 268 g/mol. The number of carbonyl (C=O) groups is 2. The molecule has 104 valence electrons. The summed E-state index contributed by atoms with van der Waals surface area (Å²) in [6, 6.07) is 12.8. The minimum Gasteiger partial charge on any atom is -0.478 e. The van der Waals surface area contributed by atoms with E-state index in [1.807, 2.05) is 30.3 Å². The van der Waals surface area contributed by atoms with E-state index < -0.39 is 11.9 Å². The SMILES string of the molecule is COC(=O)c1ccc2c(c1)/C(=C/C(=O)O)c1ccccc1-2. The minimum atomic E-state index is -1.02. The Morgan fingerprint density at radius 1 is 1.00 bits per heavy atom. The van der Waals surface area contributed by atoms with Gasteiger partial charge in [0.05, 0.1) is 12.7 Å². The van der Waals surface area contributed by atoms with Crippen LogP contribution in [0.2, 0.25) is 0 Å². The molecule has 2 aromatic rings. The third-order valence-electron chi connectivity index (χ3n) is 3.51. The van der Waals surface area contributed by atoms with Gasteiger partial charge in [-0.15, -0.1) is 0 Å². The van der Waals surface area contributed by atoms with Gasteiger partial charge in [0, 0.05) is 6.08 Å². The Labute approximate surface area is 121 Å². The van der Waals surface area contributed by atoms with E-state index in [9.17, 15) is 9.59 Å². The first-order valence-electron chi connectivity index (χ1n) is 6.39. The van der Waals surface area contributed by atoms with Crippen LogP contribution in [0.1, 0.15) is 21.5 Å². The average Bonchev–Trinajstić information content (AvgIpc) is 2.80. The summed E-state index contributed by atoms with van der Waals surface area (Å²) >= 11 is 0. The molecule has 0 atom stereocenters. The van der Waals surface area contributed by atoms with E-state index in [2.05, 4.69) is 0 Å². The van der Waals surface area contributed by atoms with Crippen molar-refractivity contribution in [2.24, 2.45) is 0 Å². The van der Waals surface area contributed by atoms with Gasteiger partial charge >= 0.3 is 11.9 Å². The van der Waals surface area contributed by atoms with Gasteiger partial charge in [0.15, 0.2) is 0 Å². The Morgan fingerprint density at radius 3 is 2.33 bits per heavy atom. The number of hydrogen-bond donors (Lipinski definition) is 1. The number of esters is 1. The first kappa shape index (κ1) is 13.1. The highest BCUT2D eigenvalue weighted by Gasteiger charge is 2.24. The van der Waals surface area contributed by atoms with Gasteiger partial charge in [-0.25, -0.2) is 9.59 Å². The maximum atomic E-state index is 11.7. The van der Waals surface area contributed by atoms with Crippen molar-refractivity contribution in [2.45, 2.75) is 0 Å². The molecular formula is C17H12O4. The zero-order valence-corrected chi connectivity index (χ0v) is 11.3. The second kappa shape index (κ2) is 4.90. The van der Waals surface area contributed by atoms with E-state index in [4.69, 9.17) is 9.84 Å². The molecule has 0 bridgehead atoms. The number of ether oxygens (including phenoxy) is 1. The van der Waals surface area contributed by atoms with Crippen LogP contribution in [0, 0.1) is 0 Å². The molecule has 3 rings (SSSR count). The van der Waals surface area contributed by atoms with Crippen LogP contribution >= 0.6 is 0 Å². The second-order valence-electron chi connectivity index (χ2n) is 4.69. The van der Waals surface area contributed by atoms with Crippen molar-refractivity contribution >= 4 is 17.5 Å². The topological polar surface area (TPSA) is 63.6 Å². The third kappa shape index (κ3) is 2.10. The van der Waals surface area contributed by atoms with E-state index in [0.717, 1.165) is 22.3 Å². The van der Waals surface area contributed by atoms with E-state index >= 15 is 0 Å². The van der Waals surface area contributed by atoms with Gasteiger partial charge < -0.3 is 9.84 Å². The van der Waals surface area contributed by atoms with E-state index in [1.54, 1.807) is 12.1 Å². The van der Waals surface area contributed by atoms with Crippen LogP contribution in [0.25, 0.3) is 16.7 Å². The van der Waals surface area contributed by atoms with E-state index in [-0.39, 0.29) is 0 Å². The Balaban J connectivity index is 2.26. The number of fused-ring (bicyclic) bond motifs is 3. The molecule has 1 aliphatic rings.